The first kappa shape index (κ1) is 10.9. The maximum Gasteiger partial charge on any atom is 0.335 e. The smallest absolute Gasteiger partial charge is 0.316 e. The molecule has 66 valence electrons. The van der Waals surface area contributed by atoms with Crippen LogP contribution in [0.5, 0.6) is 0 Å². The second kappa shape index (κ2) is 5.55. The molecule has 11 heavy (non-hydrogen) atoms. The second-order valence-electron chi connectivity index (χ2n) is 1.62. The number of Topliss-reactive ketones (excluding diaryl/α,β-unsaturated/α-hetero) is 1. The van der Waals surface area contributed by atoms with Crippen molar-refractivity contribution in [3.05, 3.63) is 0 Å². The molecule has 0 bridgehead atoms. The van der Waals surface area contributed by atoms with Gasteiger partial charge in [0.15, 0.2) is 5.78 Å². The number of hydrogen-bond acceptors (Lipinski definition) is 4. The third-order valence-electron chi connectivity index (χ3n) is 0.796. The van der Waals surface area contributed by atoms with Crippen molar-refractivity contribution < 1.29 is 22.8 Å². The lowest BCUT2D eigenvalue weighted by Crippen LogP contribution is -2.13. The Morgan fingerprint density at radius 3 is 2.18 bits per heavy atom. The molecule has 0 aromatic carbocycles. The largest absolute Gasteiger partial charge is 0.335 e. The molecule has 0 N–H and O–H groups in total. The standard InChI is InChI=1S/C5H10FO4P/c1-4(7)5(6)10-11(8-2)9-3/h5H,1-3H3. The monoisotopic (exact) mass is 184 g/mol. The van der Waals surface area contributed by atoms with Gasteiger partial charge in [0.05, 0.1) is 0 Å². The molecule has 1 unspecified atom stereocenters. The summed E-state index contributed by atoms with van der Waals surface area (Å²) in [6.07, 6.45) is -1.96. The quantitative estimate of drug-likeness (QED) is 0.606. The first-order valence-electron chi connectivity index (χ1n) is 2.81. The summed E-state index contributed by atoms with van der Waals surface area (Å²) in [6, 6.07) is 0. The summed E-state index contributed by atoms with van der Waals surface area (Å²) >= 11 is 0. The molecule has 0 radical (unpaired) electrons. The van der Waals surface area contributed by atoms with E-state index in [0.717, 1.165) is 6.92 Å². The van der Waals surface area contributed by atoms with Crippen LogP contribution in [0.3, 0.4) is 0 Å². The number of carbonyl (C=O) groups is 1. The Labute approximate surface area is 65.6 Å². The Morgan fingerprint density at radius 1 is 1.45 bits per heavy atom. The van der Waals surface area contributed by atoms with Crippen LogP contribution in [0.2, 0.25) is 0 Å². The van der Waals surface area contributed by atoms with Gasteiger partial charge < -0.3 is 9.05 Å². The predicted octanol–water partition coefficient (Wildman–Crippen LogP) is 1.41. The molecule has 0 aromatic heterocycles. The van der Waals surface area contributed by atoms with Gasteiger partial charge >= 0.3 is 8.60 Å². The van der Waals surface area contributed by atoms with Crippen molar-refractivity contribution in [2.75, 3.05) is 14.2 Å². The molecule has 0 fully saturated rings. The average Bonchev–Trinajstić information content (AvgIpc) is 1.99. The maximum atomic E-state index is 12.4. The number of ketones is 1. The van der Waals surface area contributed by atoms with Crippen molar-refractivity contribution in [2.24, 2.45) is 0 Å². The molecule has 0 aliphatic rings. The molecule has 0 aliphatic heterocycles. The van der Waals surface area contributed by atoms with E-state index in [2.05, 4.69) is 13.6 Å². The SMILES string of the molecule is COP(OC)OC(F)C(C)=O. The summed E-state index contributed by atoms with van der Waals surface area (Å²) < 4.78 is 25.9. The summed E-state index contributed by atoms with van der Waals surface area (Å²) in [4.78, 5) is 10.3. The maximum absolute atomic E-state index is 12.4. The fraction of sp³-hybridized carbons (Fsp3) is 0.800. The highest BCUT2D eigenvalue weighted by molar-refractivity contribution is 7.41. The minimum atomic E-state index is -1.96. The van der Waals surface area contributed by atoms with Crippen molar-refractivity contribution in [1.82, 2.24) is 0 Å². The van der Waals surface area contributed by atoms with Gasteiger partial charge in [0.1, 0.15) is 0 Å². The van der Waals surface area contributed by atoms with Crippen LogP contribution in [0.1, 0.15) is 6.92 Å². The van der Waals surface area contributed by atoms with Crippen LogP contribution in [0.25, 0.3) is 0 Å². The molecule has 0 saturated carbocycles. The van der Waals surface area contributed by atoms with Gasteiger partial charge in [-0.15, -0.1) is 0 Å². The summed E-state index contributed by atoms with van der Waals surface area (Å²) in [6.45, 7) is 1.09. The highest BCUT2D eigenvalue weighted by atomic mass is 31.2. The third-order valence-corrected chi connectivity index (χ3v) is 1.75. The van der Waals surface area contributed by atoms with E-state index in [4.69, 9.17) is 0 Å². The molecular formula is C5H10FO4P. The normalized spacial score (nSPS) is 13.5. The van der Waals surface area contributed by atoms with E-state index in [-0.39, 0.29) is 0 Å². The molecule has 0 heterocycles. The molecule has 6 heteroatoms. The van der Waals surface area contributed by atoms with Gasteiger partial charge in [-0.05, 0) is 0 Å². The molecule has 0 saturated heterocycles. The van der Waals surface area contributed by atoms with Gasteiger partial charge in [0.2, 0.25) is 0 Å². The predicted molar refractivity (Wildman–Crippen MR) is 37.6 cm³/mol. The zero-order valence-electron chi connectivity index (χ0n) is 6.54. The number of hydrogen-bond donors (Lipinski definition) is 0. The number of alkyl halides is 1. The van der Waals surface area contributed by atoms with Gasteiger partial charge in [-0.2, -0.15) is 0 Å². The Kier molecular flexibility index (Phi) is 5.50. The minimum absolute atomic E-state index is 0.702. The van der Waals surface area contributed by atoms with Crippen LogP contribution in [0, 0.1) is 0 Å². The molecule has 0 aliphatic carbocycles. The summed E-state index contributed by atoms with van der Waals surface area (Å²) in [5, 5.41) is 0. The topological polar surface area (TPSA) is 44.8 Å². The van der Waals surface area contributed by atoms with Crippen LogP contribution in [-0.4, -0.2) is 26.4 Å². The van der Waals surface area contributed by atoms with Gasteiger partial charge in [0.25, 0.3) is 6.36 Å². The second-order valence-corrected chi connectivity index (χ2v) is 3.01. The fourth-order valence-corrected chi connectivity index (χ4v) is 0.931. The van der Waals surface area contributed by atoms with Crippen LogP contribution in [0.4, 0.5) is 4.39 Å². The zero-order valence-corrected chi connectivity index (χ0v) is 7.43. The Morgan fingerprint density at radius 2 is 1.91 bits per heavy atom. The zero-order chi connectivity index (χ0) is 8.85. The molecule has 0 rings (SSSR count). The van der Waals surface area contributed by atoms with E-state index >= 15 is 0 Å². The van der Waals surface area contributed by atoms with Crippen molar-refractivity contribution in [3.8, 4) is 0 Å². The van der Waals surface area contributed by atoms with Crippen LogP contribution in [0.15, 0.2) is 0 Å². The lowest BCUT2D eigenvalue weighted by molar-refractivity contribution is -0.131. The highest BCUT2D eigenvalue weighted by Crippen LogP contribution is 2.39. The van der Waals surface area contributed by atoms with E-state index < -0.39 is 20.7 Å². The van der Waals surface area contributed by atoms with Crippen molar-refractivity contribution >= 4 is 14.4 Å². The highest BCUT2D eigenvalue weighted by Gasteiger charge is 2.19. The Hall–Kier alpha value is -0.0900. The van der Waals surface area contributed by atoms with Gasteiger partial charge in [-0.25, -0.2) is 4.39 Å². The molecule has 1 atom stereocenters. The van der Waals surface area contributed by atoms with Crippen LogP contribution < -0.4 is 0 Å². The fourth-order valence-electron chi connectivity index (χ4n) is 0.310. The molecule has 0 amide bonds. The minimum Gasteiger partial charge on any atom is -0.316 e. The van der Waals surface area contributed by atoms with E-state index in [1.165, 1.54) is 14.2 Å². The molecule has 0 aromatic rings. The van der Waals surface area contributed by atoms with Crippen LogP contribution in [-0.2, 0) is 18.4 Å². The van der Waals surface area contributed by atoms with E-state index in [0.29, 0.717) is 0 Å². The first-order valence-corrected chi connectivity index (χ1v) is 3.91. The van der Waals surface area contributed by atoms with Gasteiger partial charge in [-0.3, -0.25) is 9.32 Å². The number of rotatable bonds is 5. The lowest BCUT2D eigenvalue weighted by atomic mass is 10.5. The van der Waals surface area contributed by atoms with Crippen molar-refractivity contribution in [1.29, 1.82) is 0 Å². The Bertz CT molecular complexity index is 128. The van der Waals surface area contributed by atoms with E-state index in [9.17, 15) is 9.18 Å². The first-order chi connectivity index (χ1) is 5.11. The molecular weight excluding hydrogens is 174 g/mol. The average molecular weight is 184 g/mol. The molecule has 0 spiro atoms. The molecule has 4 nitrogen and oxygen atoms in total. The van der Waals surface area contributed by atoms with E-state index in [1.54, 1.807) is 0 Å². The summed E-state index contributed by atoms with van der Waals surface area (Å²) in [5.74, 6) is -0.702. The Balaban J connectivity index is 3.71. The van der Waals surface area contributed by atoms with Gasteiger partial charge in [-0.1, -0.05) is 0 Å². The van der Waals surface area contributed by atoms with Crippen molar-refractivity contribution in [2.45, 2.75) is 13.3 Å². The van der Waals surface area contributed by atoms with Gasteiger partial charge in [0, 0.05) is 21.1 Å². The number of carbonyl (C=O) groups excluding carboxylic acids is 1. The van der Waals surface area contributed by atoms with Crippen molar-refractivity contribution in [3.63, 3.8) is 0 Å². The lowest BCUT2D eigenvalue weighted by Gasteiger charge is -2.12. The third kappa shape index (κ3) is 4.37. The van der Waals surface area contributed by atoms with Crippen LogP contribution >= 0.6 is 8.60 Å². The summed E-state index contributed by atoms with van der Waals surface area (Å²) in [5.41, 5.74) is 0. The van der Waals surface area contributed by atoms with E-state index in [1.807, 2.05) is 0 Å². The number of halogens is 1. The summed E-state index contributed by atoms with van der Waals surface area (Å²) in [7, 11) is 0.891.